The van der Waals surface area contributed by atoms with Crippen molar-refractivity contribution in [1.82, 2.24) is 10.2 Å². The Balaban J connectivity index is 1.63. The maximum absolute atomic E-state index is 11.2. The molecule has 0 atom stereocenters. The summed E-state index contributed by atoms with van der Waals surface area (Å²) in [5, 5.41) is 23.8. The van der Waals surface area contributed by atoms with Crippen LogP contribution in [0.1, 0.15) is 48.0 Å². The van der Waals surface area contributed by atoms with E-state index in [-0.39, 0.29) is 11.3 Å². The number of hydrogen-bond donors (Lipinski definition) is 2. The molecule has 1 saturated carbocycles. The minimum atomic E-state index is -0.685. The standard InChI is InChI=1S/C16H19N5O3S2/c17-14(22)10-6-7-11(13(8-10)21(23)24)9-25-16-20-19-15(26-16)18-12-4-2-1-3-5-12/h6-8,12H,1-5,9H2,(H2,17,22)(H,18,19). The van der Waals surface area contributed by atoms with Crippen LogP contribution in [0, 0.1) is 10.1 Å². The number of nitrogens with two attached hydrogens (primary N) is 1. The van der Waals surface area contributed by atoms with Crippen molar-refractivity contribution < 1.29 is 9.72 Å². The fourth-order valence-corrected chi connectivity index (χ4v) is 4.72. The quantitative estimate of drug-likeness (QED) is 0.418. The van der Waals surface area contributed by atoms with Crippen molar-refractivity contribution in [3.63, 3.8) is 0 Å². The molecular weight excluding hydrogens is 374 g/mol. The summed E-state index contributed by atoms with van der Waals surface area (Å²) in [6, 6.07) is 4.74. The van der Waals surface area contributed by atoms with Gasteiger partial charge in [0, 0.05) is 29.0 Å². The van der Waals surface area contributed by atoms with Gasteiger partial charge in [-0.2, -0.15) is 0 Å². The molecule has 3 rings (SSSR count). The molecule has 0 spiro atoms. The molecule has 1 fully saturated rings. The molecule has 8 nitrogen and oxygen atoms in total. The SMILES string of the molecule is NC(=O)c1ccc(CSc2nnc(NC3CCCCC3)s2)c([N+](=O)[O-])c1. The van der Waals surface area contributed by atoms with Gasteiger partial charge in [0.2, 0.25) is 11.0 Å². The fourth-order valence-electron chi connectivity index (χ4n) is 2.90. The van der Waals surface area contributed by atoms with Crippen LogP contribution in [0.4, 0.5) is 10.8 Å². The van der Waals surface area contributed by atoms with Crippen LogP contribution in [0.3, 0.4) is 0 Å². The molecule has 1 amide bonds. The number of hydrogen-bond acceptors (Lipinski definition) is 8. The first-order valence-corrected chi connectivity index (χ1v) is 10.1. The number of primary amides is 1. The molecule has 26 heavy (non-hydrogen) atoms. The summed E-state index contributed by atoms with van der Waals surface area (Å²) in [5.41, 5.74) is 5.72. The second-order valence-corrected chi connectivity index (χ2v) is 8.31. The number of anilines is 1. The van der Waals surface area contributed by atoms with Crippen molar-refractivity contribution in [3.05, 3.63) is 39.4 Å². The van der Waals surface area contributed by atoms with E-state index in [0.29, 0.717) is 17.4 Å². The largest absolute Gasteiger partial charge is 0.366 e. The van der Waals surface area contributed by atoms with E-state index in [0.717, 1.165) is 22.3 Å². The monoisotopic (exact) mass is 393 g/mol. The smallest absolute Gasteiger partial charge is 0.274 e. The zero-order chi connectivity index (χ0) is 18.5. The average molecular weight is 393 g/mol. The zero-order valence-electron chi connectivity index (χ0n) is 14.0. The van der Waals surface area contributed by atoms with Gasteiger partial charge in [0.25, 0.3) is 5.69 Å². The van der Waals surface area contributed by atoms with E-state index in [2.05, 4.69) is 15.5 Å². The second kappa shape index (κ2) is 8.45. The highest BCUT2D eigenvalue weighted by molar-refractivity contribution is 8.00. The lowest BCUT2D eigenvalue weighted by Gasteiger charge is -2.21. The highest BCUT2D eigenvalue weighted by atomic mass is 32.2. The Morgan fingerprint density at radius 2 is 2.12 bits per heavy atom. The number of nitro benzene ring substituents is 1. The Morgan fingerprint density at radius 3 is 2.81 bits per heavy atom. The van der Waals surface area contributed by atoms with Crippen LogP contribution >= 0.6 is 23.1 Å². The number of carbonyl (C=O) groups is 1. The second-order valence-electron chi connectivity index (χ2n) is 6.11. The number of aromatic nitrogens is 2. The van der Waals surface area contributed by atoms with Crippen LogP contribution < -0.4 is 11.1 Å². The first-order chi connectivity index (χ1) is 12.5. The van der Waals surface area contributed by atoms with Gasteiger partial charge in [0.1, 0.15) is 0 Å². The molecule has 3 N–H and O–H groups in total. The van der Waals surface area contributed by atoms with Crippen molar-refractivity contribution in [1.29, 1.82) is 0 Å². The minimum absolute atomic E-state index is 0.112. The van der Waals surface area contributed by atoms with E-state index in [4.69, 9.17) is 5.73 Å². The average Bonchev–Trinajstić information content (AvgIpc) is 3.08. The predicted octanol–water partition coefficient (Wildman–Crippen LogP) is 3.58. The Labute approximate surface area is 158 Å². The van der Waals surface area contributed by atoms with Gasteiger partial charge < -0.3 is 11.1 Å². The molecule has 138 valence electrons. The van der Waals surface area contributed by atoms with Gasteiger partial charge >= 0.3 is 0 Å². The minimum Gasteiger partial charge on any atom is -0.366 e. The number of amides is 1. The van der Waals surface area contributed by atoms with Crippen LogP contribution in [-0.4, -0.2) is 27.1 Å². The van der Waals surface area contributed by atoms with Crippen molar-refractivity contribution in [2.45, 2.75) is 48.2 Å². The molecule has 0 unspecified atom stereocenters. The molecule has 10 heteroatoms. The lowest BCUT2D eigenvalue weighted by molar-refractivity contribution is -0.385. The van der Waals surface area contributed by atoms with Gasteiger partial charge in [-0.05, 0) is 18.9 Å². The molecule has 2 aromatic rings. The number of rotatable bonds is 7. The summed E-state index contributed by atoms with van der Waals surface area (Å²) in [6.07, 6.45) is 6.08. The normalized spacial score (nSPS) is 14.9. The first kappa shape index (κ1) is 18.6. The van der Waals surface area contributed by atoms with E-state index < -0.39 is 10.8 Å². The Bertz CT molecular complexity index is 805. The summed E-state index contributed by atoms with van der Waals surface area (Å²) >= 11 is 2.84. The molecule has 1 aromatic carbocycles. The summed E-state index contributed by atoms with van der Waals surface area (Å²) in [7, 11) is 0. The topological polar surface area (TPSA) is 124 Å². The summed E-state index contributed by atoms with van der Waals surface area (Å²) in [4.78, 5) is 21.9. The molecular formula is C16H19N5O3S2. The third-order valence-electron chi connectivity index (χ3n) is 4.26. The third kappa shape index (κ3) is 4.70. The molecule has 1 heterocycles. The van der Waals surface area contributed by atoms with Gasteiger partial charge in [-0.3, -0.25) is 14.9 Å². The van der Waals surface area contributed by atoms with Gasteiger partial charge in [-0.15, -0.1) is 10.2 Å². The van der Waals surface area contributed by atoms with Crippen LogP contribution in [-0.2, 0) is 5.75 Å². The Morgan fingerprint density at radius 1 is 1.35 bits per heavy atom. The zero-order valence-corrected chi connectivity index (χ0v) is 15.6. The van der Waals surface area contributed by atoms with E-state index in [1.807, 2.05) is 0 Å². The Hall–Kier alpha value is -2.20. The van der Waals surface area contributed by atoms with E-state index >= 15 is 0 Å². The molecule has 1 aromatic heterocycles. The molecule has 1 aliphatic rings. The number of benzene rings is 1. The number of nitrogens with zero attached hydrogens (tertiary/aromatic N) is 3. The van der Waals surface area contributed by atoms with Crippen molar-refractivity contribution in [2.75, 3.05) is 5.32 Å². The highest BCUT2D eigenvalue weighted by Crippen LogP contribution is 2.32. The maximum atomic E-state index is 11.2. The molecule has 0 bridgehead atoms. The van der Waals surface area contributed by atoms with E-state index in [1.54, 1.807) is 6.07 Å². The Kier molecular flexibility index (Phi) is 6.04. The fraction of sp³-hybridized carbons (Fsp3) is 0.438. The first-order valence-electron chi connectivity index (χ1n) is 8.33. The van der Waals surface area contributed by atoms with E-state index in [9.17, 15) is 14.9 Å². The van der Waals surface area contributed by atoms with Gasteiger partial charge in [-0.25, -0.2) is 0 Å². The number of thioether (sulfide) groups is 1. The number of nitrogens with one attached hydrogen (secondary N) is 1. The number of carbonyl (C=O) groups excluding carboxylic acids is 1. The van der Waals surface area contributed by atoms with Crippen LogP contribution in [0.2, 0.25) is 0 Å². The highest BCUT2D eigenvalue weighted by Gasteiger charge is 2.18. The summed E-state index contributed by atoms with van der Waals surface area (Å²) in [6.45, 7) is 0. The summed E-state index contributed by atoms with van der Waals surface area (Å²) in [5.74, 6) is -0.317. The van der Waals surface area contributed by atoms with Gasteiger partial charge in [-0.1, -0.05) is 48.4 Å². The van der Waals surface area contributed by atoms with E-state index in [1.165, 1.54) is 54.5 Å². The van der Waals surface area contributed by atoms with Gasteiger partial charge in [0.05, 0.1) is 4.92 Å². The molecule has 0 aliphatic heterocycles. The van der Waals surface area contributed by atoms with Crippen molar-refractivity contribution in [2.24, 2.45) is 5.73 Å². The van der Waals surface area contributed by atoms with Crippen molar-refractivity contribution >= 4 is 39.8 Å². The number of nitro groups is 1. The molecule has 0 saturated heterocycles. The lowest BCUT2D eigenvalue weighted by Crippen LogP contribution is -2.21. The van der Waals surface area contributed by atoms with Crippen LogP contribution in [0.15, 0.2) is 22.5 Å². The third-order valence-corrected chi connectivity index (χ3v) is 6.29. The lowest BCUT2D eigenvalue weighted by atomic mass is 9.96. The molecule has 0 radical (unpaired) electrons. The predicted molar refractivity (Wildman–Crippen MR) is 102 cm³/mol. The van der Waals surface area contributed by atoms with Gasteiger partial charge in [0.15, 0.2) is 4.34 Å². The van der Waals surface area contributed by atoms with Crippen LogP contribution in [0.5, 0.6) is 0 Å². The van der Waals surface area contributed by atoms with Crippen LogP contribution in [0.25, 0.3) is 0 Å². The summed E-state index contributed by atoms with van der Waals surface area (Å²) < 4.78 is 0.747. The maximum Gasteiger partial charge on any atom is 0.274 e. The molecule has 1 aliphatic carbocycles. The van der Waals surface area contributed by atoms with Crippen molar-refractivity contribution in [3.8, 4) is 0 Å².